The highest BCUT2D eigenvalue weighted by atomic mass is 32.1. The molecule has 2 rings (SSSR count). The van der Waals surface area contributed by atoms with E-state index in [1.165, 1.54) is 20.0 Å². The number of rotatable bonds is 3. The molecule has 0 bridgehead atoms. The summed E-state index contributed by atoms with van der Waals surface area (Å²) in [6.07, 6.45) is 2.77. The number of esters is 1. The number of piperidine rings is 1. The fourth-order valence-corrected chi connectivity index (χ4v) is 2.80. The van der Waals surface area contributed by atoms with Gasteiger partial charge in [-0.25, -0.2) is 0 Å². The van der Waals surface area contributed by atoms with E-state index in [2.05, 4.69) is 21.9 Å². The van der Waals surface area contributed by atoms with Crippen LogP contribution in [0.2, 0.25) is 0 Å². The van der Waals surface area contributed by atoms with E-state index in [1.807, 2.05) is 24.3 Å². The first-order chi connectivity index (χ1) is 10.1. The molecule has 1 aliphatic rings. The zero-order chi connectivity index (χ0) is 15.2. The lowest BCUT2D eigenvalue weighted by Crippen LogP contribution is -2.41. The summed E-state index contributed by atoms with van der Waals surface area (Å²) in [5, 5.41) is 4.05. The Morgan fingerprint density at radius 1 is 1.43 bits per heavy atom. The van der Waals surface area contributed by atoms with E-state index in [4.69, 9.17) is 12.2 Å². The predicted molar refractivity (Wildman–Crippen MR) is 88.4 cm³/mol. The number of methoxy groups -OCH3 is 1. The van der Waals surface area contributed by atoms with E-state index < -0.39 is 0 Å². The van der Waals surface area contributed by atoms with Gasteiger partial charge in [0.15, 0.2) is 5.11 Å². The van der Waals surface area contributed by atoms with Crippen LogP contribution in [0.1, 0.15) is 25.3 Å². The summed E-state index contributed by atoms with van der Waals surface area (Å²) in [6, 6.07) is 7.72. The normalized spacial score (nSPS) is 18.2. The van der Waals surface area contributed by atoms with Gasteiger partial charge >= 0.3 is 5.97 Å². The third kappa shape index (κ3) is 4.70. The summed E-state index contributed by atoms with van der Waals surface area (Å²) in [7, 11) is 1.40. The summed E-state index contributed by atoms with van der Waals surface area (Å²) < 4.78 is 4.66. The molecule has 0 amide bonds. The van der Waals surface area contributed by atoms with Crippen molar-refractivity contribution in [2.45, 2.75) is 26.2 Å². The fraction of sp³-hybridized carbons (Fsp3) is 0.500. The van der Waals surface area contributed by atoms with Crippen LogP contribution >= 0.6 is 12.2 Å². The number of anilines is 1. The van der Waals surface area contributed by atoms with Crippen LogP contribution in [0.25, 0.3) is 0 Å². The molecule has 1 saturated heterocycles. The molecule has 4 nitrogen and oxygen atoms in total. The smallest absolute Gasteiger partial charge is 0.309 e. The molecular formula is C16H22N2O2S. The van der Waals surface area contributed by atoms with Crippen molar-refractivity contribution in [1.29, 1.82) is 0 Å². The first-order valence-corrected chi connectivity index (χ1v) is 7.71. The standard InChI is InChI=1S/C16H22N2O2S/c1-12-4-3-9-18(11-12)16(21)17-14-7-5-13(6-8-14)10-15(19)20-2/h5-8,12H,3-4,9-11H2,1-2H3,(H,17,21)/t12-/m0/s1. The Bertz CT molecular complexity index is 502. The fourth-order valence-electron chi connectivity index (χ4n) is 2.52. The second kappa shape index (κ2) is 7.41. The highest BCUT2D eigenvalue weighted by Crippen LogP contribution is 2.17. The zero-order valence-corrected chi connectivity index (χ0v) is 13.4. The average Bonchev–Trinajstić information content (AvgIpc) is 2.49. The Labute approximate surface area is 131 Å². The quantitative estimate of drug-likeness (QED) is 0.687. The summed E-state index contributed by atoms with van der Waals surface area (Å²) in [5.74, 6) is 0.467. The SMILES string of the molecule is COC(=O)Cc1ccc(NC(=S)N2CCC[C@H](C)C2)cc1. The summed E-state index contributed by atoms with van der Waals surface area (Å²) in [6.45, 7) is 4.30. The van der Waals surface area contributed by atoms with E-state index in [0.29, 0.717) is 12.3 Å². The van der Waals surface area contributed by atoms with Crippen LogP contribution in [-0.2, 0) is 16.0 Å². The Morgan fingerprint density at radius 3 is 2.76 bits per heavy atom. The van der Waals surface area contributed by atoms with Crippen LogP contribution in [0.15, 0.2) is 24.3 Å². The van der Waals surface area contributed by atoms with E-state index in [9.17, 15) is 4.79 Å². The number of nitrogens with zero attached hydrogens (tertiary/aromatic N) is 1. The number of thiocarbonyl (C=S) groups is 1. The first kappa shape index (κ1) is 15.8. The molecule has 114 valence electrons. The maximum Gasteiger partial charge on any atom is 0.309 e. The van der Waals surface area contributed by atoms with Gasteiger partial charge < -0.3 is 15.0 Å². The number of likely N-dealkylation sites (tertiary alicyclic amines) is 1. The lowest BCUT2D eigenvalue weighted by Gasteiger charge is -2.33. The van der Waals surface area contributed by atoms with Gasteiger partial charge in [0.2, 0.25) is 0 Å². The molecule has 1 fully saturated rings. The summed E-state index contributed by atoms with van der Waals surface area (Å²) in [5.41, 5.74) is 1.89. The van der Waals surface area contributed by atoms with Crippen molar-refractivity contribution >= 4 is 29.0 Å². The van der Waals surface area contributed by atoms with Gasteiger partial charge in [-0.15, -0.1) is 0 Å². The van der Waals surface area contributed by atoms with Crippen LogP contribution in [-0.4, -0.2) is 36.2 Å². The monoisotopic (exact) mass is 306 g/mol. The molecule has 1 aromatic carbocycles. The van der Waals surface area contributed by atoms with E-state index in [0.717, 1.165) is 29.5 Å². The topological polar surface area (TPSA) is 41.6 Å². The Kier molecular flexibility index (Phi) is 5.56. The molecule has 0 radical (unpaired) electrons. The van der Waals surface area contributed by atoms with Crippen LogP contribution in [0.4, 0.5) is 5.69 Å². The average molecular weight is 306 g/mol. The molecule has 0 aliphatic carbocycles. The lowest BCUT2D eigenvalue weighted by atomic mass is 10.0. The minimum absolute atomic E-state index is 0.228. The number of hydrogen-bond donors (Lipinski definition) is 1. The molecule has 0 saturated carbocycles. The van der Waals surface area contributed by atoms with Crippen molar-refractivity contribution in [1.82, 2.24) is 4.90 Å². The highest BCUT2D eigenvalue weighted by molar-refractivity contribution is 7.80. The molecule has 1 atom stereocenters. The van der Waals surface area contributed by atoms with E-state index in [-0.39, 0.29) is 5.97 Å². The third-order valence-electron chi connectivity index (χ3n) is 3.73. The van der Waals surface area contributed by atoms with Crippen LogP contribution < -0.4 is 5.32 Å². The number of hydrogen-bond acceptors (Lipinski definition) is 3. The van der Waals surface area contributed by atoms with Crippen molar-refractivity contribution in [3.8, 4) is 0 Å². The van der Waals surface area contributed by atoms with Crippen molar-refractivity contribution in [2.75, 3.05) is 25.5 Å². The Balaban J connectivity index is 1.90. The van der Waals surface area contributed by atoms with E-state index in [1.54, 1.807) is 0 Å². The second-order valence-electron chi connectivity index (χ2n) is 5.57. The zero-order valence-electron chi connectivity index (χ0n) is 12.6. The van der Waals surface area contributed by atoms with Gasteiger partial charge in [-0.1, -0.05) is 19.1 Å². The number of carbonyl (C=O) groups is 1. The summed E-state index contributed by atoms with van der Waals surface area (Å²) >= 11 is 5.47. The van der Waals surface area contributed by atoms with E-state index >= 15 is 0 Å². The number of carbonyl (C=O) groups excluding carboxylic acids is 1. The molecule has 0 unspecified atom stereocenters. The van der Waals surface area contributed by atoms with Gasteiger partial charge in [0.1, 0.15) is 0 Å². The van der Waals surface area contributed by atoms with Crippen LogP contribution in [0, 0.1) is 5.92 Å². The van der Waals surface area contributed by atoms with Crippen molar-refractivity contribution in [3.05, 3.63) is 29.8 Å². The van der Waals surface area contributed by atoms with Gasteiger partial charge in [0.25, 0.3) is 0 Å². The second-order valence-corrected chi connectivity index (χ2v) is 5.96. The van der Waals surface area contributed by atoms with Gasteiger partial charge in [-0.05, 0) is 48.7 Å². The highest BCUT2D eigenvalue weighted by Gasteiger charge is 2.18. The molecule has 0 spiro atoms. The van der Waals surface area contributed by atoms with Crippen molar-refractivity contribution in [2.24, 2.45) is 5.92 Å². The minimum atomic E-state index is -0.228. The Morgan fingerprint density at radius 2 is 2.14 bits per heavy atom. The number of benzene rings is 1. The minimum Gasteiger partial charge on any atom is -0.469 e. The molecule has 5 heteroatoms. The lowest BCUT2D eigenvalue weighted by molar-refractivity contribution is -0.139. The maximum atomic E-state index is 11.2. The van der Waals surface area contributed by atoms with Crippen molar-refractivity contribution in [3.63, 3.8) is 0 Å². The number of ether oxygens (including phenoxy) is 1. The van der Waals surface area contributed by atoms with Gasteiger partial charge in [0, 0.05) is 18.8 Å². The first-order valence-electron chi connectivity index (χ1n) is 7.30. The number of nitrogens with one attached hydrogen (secondary N) is 1. The van der Waals surface area contributed by atoms with Gasteiger partial charge in [-0.3, -0.25) is 4.79 Å². The summed E-state index contributed by atoms with van der Waals surface area (Å²) in [4.78, 5) is 13.4. The third-order valence-corrected chi connectivity index (χ3v) is 4.09. The van der Waals surface area contributed by atoms with Crippen LogP contribution in [0.5, 0.6) is 0 Å². The largest absolute Gasteiger partial charge is 0.469 e. The van der Waals surface area contributed by atoms with Crippen LogP contribution in [0.3, 0.4) is 0 Å². The molecule has 1 N–H and O–H groups in total. The molecule has 0 aromatic heterocycles. The maximum absolute atomic E-state index is 11.2. The van der Waals surface area contributed by atoms with Crippen molar-refractivity contribution < 1.29 is 9.53 Å². The molecular weight excluding hydrogens is 284 g/mol. The Hall–Kier alpha value is -1.62. The molecule has 1 heterocycles. The van der Waals surface area contributed by atoms with Gasteiger partial charge in [-0.2, -0.15) is 0 Å². The van der Waals surface area contributed by atoms with Gasteiger partial charge in [0.05, 0.1) is 13.5 Å². The predicted octanol–water partition coefficient (Wildman–Crippen LogP) is 2.83. The molecule has 1 aliphatic heterocycles. The molecule has 21 heavy (non-hydrogen) atoms. The molecule has 1 aromatic rings.